The molecule has 6 nitrogen and oxygen atoms in total. The Labute approximate surface area is 272 Å². The Morgan fingerprint density at radius 3 is 1.85 bits per heavy atom. The summed E-state index contributed by atoms with van der Waals surface area (Å²) >= 11 is 1.68. The number of hydrogen-bond donors (Lipinski definition) is 0. The van der Waals surface area contributed by atoms with E-state index in [0.717, 1.165) is 75.7 Å². The molecule has 0 radical (unpaired) electrons. The molecular formula is C40H23N5OS. The summed E-state index contributed by atoms with van der Waals surface area (Å²) in [6, 6.07) is 47.4. The van der Waals surface area contributed by atoms with Crippen molar-refractivity contribution in [1.82, 2.24) is 24.5 Å². The summed E-state index contributed by atoms with van der Waals surface area (Å²) in [6.07, 6.45) is 0. The zero-order valence-corrected chi connectivity index (χ0v) is 25.6. The largest absolute Gasteiger partial charge is 0.456 e. The van der Waals surface area contributed by atoms with Gasteiger partial charge >= 0.3 is 0 Å². The number of furan rings is 1. The molecule has 0 amide bonds. The molecule has 10 aromatic rings. The molecule has 47 heavy (non-hydrogen) atoms. The number of rotatable bonds is 4. The predicted octanol–water partition coefficient (Wildman–Crippen LogP) is 10.5. The molecule has 0 N–H and O–H groups in total. The van der Waals surface area contributed by atoms with E-state index in [4.69, 9.17) is 24.4 Å². The Morgan fingerprint density at radius 2 is 1.11 bits per heavy atom. The molecule has 0 aliphatic heterocycles. The van der Waals surface area contributed by atoms with Crippen LogP contribution >= 0.6 is 11.3 Å². The van der Waals surface area contributed by atoms with Crippen molar-refractivity contribution in [1.29, 1.82) is 0 Å². The van der Waals surface area contributed by atoms with Crippen LogP contribution in [0.2, 0.25) is 0 Å². The number of aromatic nitrogens is 5. The monoisotopic (exact) mass is 621 g/mol. The van der Waals surface area contributed by atoms with Crippen LogP contribution in [0.5, 0.6) is 0 Å². The van der Waals surface area contributed by atoms with Crippen LogP contribution in [0.4, 0.5) is 0 Å². The van der Waals surface area contributed by atoms with Crippen LogP contribution in [-0.4, -0.2) is 24.5 Å². The Bertz CT molecular complexity index is 2730. The summed E-state index contributed by atoms with van der Waals surface area (Å²) in [5.41, 5.74) is 7.43. The van der Waals surface area contributed by atoms with Crippen LogP contribution in [0.3, 0.4) is 0 Å². The van der Waals surface area contributed by atoms with Crippen LogP contribution in [-0.2, 0) is 0 Å². The number of para-hydroxylation sites is 3. The minimum atomic E-state index is 0.558. The van der Waals surface area contributed by atoms with Crippen molar-refractivity contribution >= 4 is 65.3 Å². The van der Waals surface area contributed by atoms with Gasteiger partial charge in [-0.05, 0) is 36.4 Å². The number of nitrogens with zero attached hydrogens (tertiary/aromatic N) is 5. The SMILES string of the molecule is c1ccc(-c2nc(-c3cccc4oc5cccc(-c6nc7ccccc7s6)c5c34)nc(-n3c4ccccc4c4ccccc43)n2)cc1. The van der Waals surface area contributed by atoms with Crippen molar-refractivity contribution in [2.45, 2.75) is 0 Å². The highest BCUT2D eigenvalue weighted by Gasteiger charge is 2.22. The fourth-order valence-corrected chi connectivity index (χ4v) is 7.66. The molecule has 0 unspecified atom stereocenters. The van der Waals surface area contributed by atoms with Gasteiger partial charge in [0.05, 0.1) is 21.3 Å². The van der Waals surface area contributed by atoms with Crippen LogP contribution in [0, 0.1) is 0 Å². The molecule has 0 saturated heterocycles. The molecule has 0 saturated carbocycles. The normalized spacial score (nSPS) is 11.8. The lowest BCUT2D eigenvalue weighted by Crippen LogP contribution is -2.06. The Kier molecular flexibility index (Phi) is 5.64. The first-order valence-electron chi connectivity index (χ1n) is 15.4. The predicted molar refractivity (Wildman–Crippen MR) is 191 cm³/mol. The van der Waals surface area contributed by atoms with E-state index < -0.39 is 0 Å². The Hall–Kier alpha value is -6.18. The number of fused-ring (bicyclic) bond motifs is 7. The van der Waals surface area contributed by atoms with Gasteiger partial charge in [-0.1, -0.05) is 103 Å². The van der Waals surface area contributed by atoms with Gasteiger partial charge in [0.2, 0.25) is 5.95 Å². The van der Waals surface area contributed by atoms with E-state index in [1.165, 1.54) is 0 Å². The highest BCUT2D eigenvalue weighted by atomic mass is 32.1. The highest BCUT2D eigenvalue weighted by molar-refractivity contribution is 7.21. The zero-order valence-electron chi connectivity index (χ0n) is 24.8. The summed E-state index contributed by atoms with van der Waals surface area (Å²) < 4.78 is 9.77. The second-order valence-electron chi connectivity index (χ2n) is 11.5. The lowest BCUT2D eigenvalue weighted by atomic mass is 10.0. The molecule has 0 spiro atoms. The van der Waals surface area contributed by atoms with Gasteiger partial charge in [0.25, 0.3) is 0 Å². The van der Waals surface area contributed by atoms with E-state index in [1.807, 2.05) is 60.7 Å². The molecular weight excluding hydrogens is 599 g/mol. The van der Waals surface area contributed by atoms with Gasteiger partial charge in [-0.3, -0.25) is 4.57 Å². The van der Waals surface area contributed by atoms with Crippen molar-refractivity contribution in [3.05, 3.63) is 140 Å². The maximum atomic E-state index is 6.48. The van der Waals surface area contributed by atoms with Crippen molar-refractivity contribution in [2.75, 3.05) is 0 Å². The van der Waals surface area contributed by atoms with Gasteiger partial charge in [-0.15, -0.1) is 11.3 Å². The summed E-state index contributed by atoms with van der Waals surface area (Å²) in [5.74, 6) is 1.73. The molecule has 0 atom stereocenters. The van der Waals surface area contributed by atoms with Gasteiger partial charge in [-0.2, -0.15) is 9.97 Å². The second-order valence-corrected chi connectivity index (χ2v) is 12.5. The highest BCUT2D eigenvalue weighted by Crippen LogP contribution is 2.43. The Morgan fingerprint density at radius 1 is 0.489 bits per heavy atom. The van der Waals surface area contributed by atoms with Crippen molar-refractivity contribution in [2.24, 2.45) is 0 Å². The van der Waals surface area contributed by atoms with Crippen LogP contribution in [0.1, 0.15) is 0 Å². The minimum absolute atomic E-state index is 0.558. The lowest BCUT2D eigenvalue weighted by molar-refractivity contribution is 0.669. The first kappa shape index (κ1) is 26.1. The first-order chi connectivity index (χ1) is 23.3. The molecule has 10 rings (SSSR count). The second kappa shape index (κ2) is 10.2. The zero-order chi connectivity index (χ0) is 30.9. The average Bonchev–Trinajstić information content (AvgIpc) is 3.83. The molecule has 4 heterocycles. The van der Waals surface area contributed by atoms with Gasteiger partial charge in [-0.25, -0.2) is 9.97 Å². The van der Waals surface area contributed by atoms with Gasteiger partial charge in [0.15, 0.2) is 11.6 Å². The molecule has 0 bridgehead atoms. The number of hydrogen-bond acceptors (Lipinski definition) is 6. The van der Waals surface area contributed by atoms with Gasteiger partial charge in [0.1, 0.15) is 16.2 Å². The van der Waals surface area contributed by atoms with E-state index in [9.17, 15) is 0 Å². The fourth-order valence-electron chi connectivity index (χ4n) is 6.66. The fraction of sp³-hybridized carbons (Fsp3) is 0. The standard InChI is InChI=1S/C40H23N5OS/c1-2-12-24(13-3-1)37-42-38(44-40(43-37)45-30-19-7-4-14-25(30)26-15-5-8-20-31(26)45)27-16-10-21-32-35(27)36-28(17-11-22-33(36)46-32)39-41-29-18-6-9-23-34(29)47-39/h1-23H. The molecule has 6 aromatic carbocycles. The van der Waals surface area contributed by atoms with Crippen molar-refractivity contribution < 1.29 is 4.42 Å². The maximum absolute atomic E-state index is 6.48. The lowest BCUT2D eigenvalue weighted by Gasteiger charge is -2.11. The van der Waals surface area contributed by atoms with Crippen LogP contribution in [0.25, 0.3) is 93.3 Å². The van der Waals surface area contributed by atoms with E-state index >= 15 is 0 Å². The minimum Gasteiger partial charge on any atom is -0.456 e. The summed E-state index contributed by atoms with van der Waals surface area (Å²) in [4.78, 5) is 20.5. The third-order valence-corrected chi connectivity index (χ3v) is 9.79. The topological polar surface area (TPSA) is 69.6 Å². The maximum Gasteiger partial charge on any atom is 0.238 e. The van der Waals surface area contributed by atoms with E-state index in [1.54, 1.807) is 11.3 Å². The molecule has 220 valence electrons. The third-order valence-electron chi connectivity index (χ3n) is 8.72. The summed E-state index contributed by atoms with van der Waals surface area (Å²) in [5, 5.41) is 5.19. The molecule has 7 heteroatoms. The third kappa shape index (κ3) is 4.03. The van der Waals surface area contributed by atoms with Gasteiger partial charge < -0.3 is 4.42 Å². The number of thiazole rings is 1. The smallest absolute Gasteiger partial charge is 0.238 e. The molecule has 0 fully saturated rings. The van der Waals surface area contributed by atoms with Crippen molar-refractivity contribution in [3.8, 4) is 39.3 Å². The van der Waals surface area contributed by atoms with E-state index in [2.05, 4.69) is 83.4 Å². The first-order valence-corrected chi connectivity index (χ1v) is 16.2. The Balaban J connectivity index is 1.29. The quantitative estimate of drug-likeness (QED) is 0.196. The number of benzene rings is 6. The molecule has 0 aliphatic carbocycles. The van der Waals surface area contributed by atoms with Crippen LogP contribution < -0.4 is 0 Å². The van der Waals surface area contributed by atoms with Gasteiger partial charge in [0, 0.05) is 38.2 Å². The van der Waals surface area contributed by atoms with E-state index in [-0.39, 0.29) is 0 Å². The summed E-state index contributed by atoms with van der Waals surface area (Å²) in [6.45, 7) is 0. The molecule has 0 aliphatic rings. The average molecular weight is 622 g/mol. The van der Waals surface area contributed by atoms with E-state index in [0.29, 0.717) is 17.6 Å². The summed E-state index contributed by atoms with van der Waals surface area (Å²) in [7, 11) is 0. The van der Waals surface area contributed by atoms with Crippen molar-refractivity contribution in [3.63, 3.8) is 0 Å². The molecule has 4 aromatic heterocycles. The van der Waals surface area contributed by atoms with Crippen LogP contribution in [0.15, 0.2) is 144 Å².